The van der Waals surface area contributed by atoms with Crippen molar-refractivity contribution in [2.45, 2.75) is 0 Å². The maximum atomic E-state index is 12.0. The van der Waals surface area contributed by atoms with Gasteiger partial charge in [-0.25, -0.2) is 4.98 Å². The molecule has 0 aliphatic carbocycles. The highest BCUT2D eigenvalue weighted by atomic mass is 32.1. The third-order valence-corrected chi connectivity index (χ3v) is 4.16. The molecule has 0 fully saturated rings. The number of nitrogens with zero attached hydrogens (tertiary/aromatic N) is 2. The Morgan fingerprint density at radius 2 is 2.00 bits per heavy atom. The zero-order valence-electron chi connectivity index (χ0n) is 13.0. The van der Waals surface area contributed by atoms with Crippen LogP contribution in [0.15, 0.2) is 66.2 Å². The van der Waals surface area contributed by atoms with Gasteiger partial charge in [0.05, 0.1) is 4.92 Å². The summed E-state index contributed by atoms with van der Waals surface area (Å²) in [7, 11) is 0. The zero-order valence-corrected chi connectivity index (χ0v) is 13.8. The summed E-state index contributed by atoms with van der Waals surface area (Å²) >= 11 is 1.55. The monoisotopic (exact) mass is 351 g/mol. The Morgan fingerprint density at radius 3 is 2.68 bits per heavy atom. The number of hydrogen-bond acceptors (Lipinski definition) is 5. The zero-order chi connectivity index (χ0) is 17.6. The average molecular weight is 351 g/mol. The normalized spacial score (nSPS) is 10.7. The minimum atomic E-state index is -0.471. The predicted octanol–water partition coefficient (Wildman–Crippen LogP) is 4.37. The molecule has 7 heteroatoms. The number of rotatable bonds is 5. The van der Waals surface area contributed by atoms with Crippen molar-refractivity contribution in [3.05, 3.63) is 81.9 Å². The Balaban J connectivity index is 1.64. The topological polar surface area (TPSA) is 85.1 Å². The Labute approximate surface area is 147 Å². The van der Waals surface area contributed by atoms with Crippen LogP contribution in [0.25, 0.3) is 16.6 Å². The van der Waals surface area contributed by atoms with Crippen LogP contribution < -0.4 is 5.32 Å². The molecule has 0 unspecified atom stereocenters. The van der Waals surface area contributed by atoms with E-state index in [9.17, 15) is 14.9 Å². The average Bonchev–Trinajstić information content (AvgIpc) is 3.15. The first-order valence-corrected chi connectivity index (χ1v) is 8.23. The van der Waals surface area contributed by atoms with Crippen LogP contribution in [-0.2, 0) is 4.79 Å². The van der Waals surface area contributed by atoms with Gasteiger partial charge in [0.2, 0.25) is 5.91 Å². The molecule has 6 nitrogen and oxygen atoms in total. The number of benzene rings is 2. The van der Waals surface area contributed by atoms with E-state index in [1.165, 1.54) is 24.3 Å². The van der Waals surface area contributed by atoms with Gasteiger partial charge in [-0.15, -0.1) is 11.3 Å². The second-order valence-electron chi connectivity index (χ2n) is 5.09. The molecule has 1 aromatic heterocycles. The van der Waals surface area contributed by atoms with Gasteiger partial charge in [-0.2, -0.15) is 0 Å². The molecule has 0 aliphatic rings. The minimum Gasteiger partial charge on any atom is -0.323 e. The molecular formula is C18H13N3O3S. The molecule has 1 N–H and O–H groups in total. The summed E-state index contributed by atoms with van der Waals surface area (Å²) in [6, 6.07) is 13.5. The van der Waals surface area contributed by atoms with Crippen LogP contribution in [0.1, 0.15) is 5.56 Å². The molecule has 0 atom stereocenters. The van der Waals surface area contributed by atoms with Crippen molar-refractivity contribution in [1.29, 1.82) is 0 Å². The number of aromatic nitrogens is 1. The number of thiazole rings is 1. The van der Waals surface area contributed by atoms with E-state index in [1.807, 2.05) is 17.5 Å². The lowest BCUT2D eigenvalue weighted by molar-refractivity contribution is -0.384. The highest BCUT2D eigenvalue weighted by molar-refractivity contribution is 7.13. The number of amides is 1. The van der Waals surface area contributed by atoms with E-state index < -0.39 is 4.92 Å². The smallest absolute Gasteiger partial charge is 0.270 e. The summed E-state index contributed by atoms with van der Waals surface area (Å²) in [6.07, 6.45) is 4.62. The molecule has 3 aromatic rings. The lowest BCUT2D eigenvalue weighted by Crippen LogP contribution is -2.07. The molecule has 0 saturated carbocycles. The second-order valence-corrected chi connectivity index (χ2v) is 5.98. The Morgan fingerprint density at radius 1 is 1.20 bits per heavy atom. The first-order valence-electron chi connectivity index (χ1n) is 7.35. The summed E-state index contributed by atoms with van der Waals surface area (Å²) in [5, 5.41) is 16.3. The van der Waals surface area contributed by atoms with Gasteiger partial charge in [0, 0.05) is 41.0 Å². The quantitative estimate of drug-likeness (QED) is 0.420. The molecule has 0 saturated heterocycles. The maximum Gasteiger partial charge on any atom is 0.270 e. The van der Waals surface area contributed by atoms with Crippen molar-refractivity contribution in [1.82, 2.24) is 4.98 Å². The Bertz CT molecular complexity index is 919. The maximum absolute atomic E-state index is 12.0. The number of hydrogen-bond donors (Lipinski definition) is 1. The van der Waals surface area contributed by atoms with Crippen LogP contribution in [0.5, 0.6) is 0 Å². The fourth-order valence-corrected chi connectivity index (χ4v) is 2.80. The summed E-state index contributed by atoms with van der Waals surface area (Å²) in [6.45, 7) is 0. The highest BCUT2D eigenvalue weighted by Crippen LogP contribution is 2.23. The summed E-state index contributed by atoms with van der Waals surface area (Å²) in [5.74, 6) is -0.312. The van der Waals surface area contributed by atoms with E-state index in [0.29, 0.717) is 11.3 Å². The van der Waals surface area contributed by atoms with Crippen LogP contribution in [0.4, 0.5) is 11.4 Å². The second kappa shape index (κ2) is 7.50. The molecule has 0 bridgehead atoms. The fourth-order valence-electron chi connectivity index (χ4n) is 2.16. The Hall–Kier alpha value is -3.32. The summed E-state index contributed by atoms with van der Waals surface area (Å²) in [5.41, 5.74) is 2.22. The van der Waals surface area contributed by atoms with E-state index in [2.05, 4.69) is 10.3 Å². The van der Waals surface area contributed by atoms with Crippen molar-refractivity contribution in [2.75, 3.05) is 5.32 Å². The molecule has 1 heterocycles. The third kappa shape index (κ3) is 4.36. The van der Waals surface area contributed by atoms with Crippen molar-refractivity contribution in [2.24, 2.45) is 0 Å². The van der Waals surface area contributed by atoms with Gasteiger partial charge >= 0.3 is 0 Å². The van der Waals surface area contributed by atoms with Gasteiger partial charge in [-0.1, -0.05) is 12.1 Å². The molecule has 124 valence electrons. The van der Waals surface area contributed by atoms with E-state index in [0.717, 1.165) is 10.6 Å². The van der Waals surface area contributed by atoms with E-state index in [4.69, 9.17) is 0 Å². The number of nitro benzene ring substituents is 1. The van der Waals surface area contributed by atoms with Crippen molar-refractivity contribution in [3.63, 3.8) is 0 Å². The first-order chi connectivity index (χ1) is 12.1. The molecule has 0 radical (unpaired) electrons. The van der Waals surface area contributed by atoms with Crippen molar-refractivity contribution >= 4 is 34.7 Å². The number of nitrogens with one attached hydrogen (secondary N) is 1. The third-order valence-electron chi connectivity index (χ3n) is 3.34. The molecule has 1 amide bonds. The van der Waals surface area contributed by atoms with E-state index >= 15 is 0 Å². The number of carbonyl (C=O) groups excluding carboxylic acids is 1. The van der Waals surface area contributed by atoms with Crippen LogP contribution in [0.2, 0.25) is 0 Å². The summed E-state index contributed by atoms with van der Waals surface area (Å²) < 4.78 is 0. The molecule has 25 heavy (non-hydrogen) atoms. The standard InChI is InChI=1S/C18H13N3O3S/c22-17(9-4-13-2-1-3-16(12-13)21(23)24)20-15-7-5-14(6-8-15)18-19-10-11-25-18/h1-12H,(H,20,22)/b9-4+. The summed E-state index contributed by atoms with van der Waals surface area (Å²) in [4.78, 5) is 26.5. The largest absolute Gasteiger partial charge is 0.323 e. The number of carbonyl (C=O) groups is 1. The number of anilines is 1. The molecule has 0 spiro atoms. The van der Waals surface area contributed by atoms with E-state index in [-0.39, 0.29) is 11.6 Å². The number of non-ortho nitro benzene ring substituents is 1. The van der Waals surface area contributed by atoms with Crippen molar-refractivity contribution in [3.8, 4) is 10.6 Å². The first kappa shape index (κ1) is 16.5. The van der Waals surface area contributed by atoms with Gasteiger partial charge in [0.25, 0.3) is 5.69 Å². The lowest BCUT2D eigenvalue weighted by atomic mass is 10.2. The minimum absolute atomic E-state index is 0.0136. The van der Waals surface area contributed by atoms with Crippen LogP contribution in [0.3, 0.4) is 0 Å². The van der Waals surface area contributed by atoms with Crippen LogP contribution in [-0.4, -0.2) is 15.8 Å². The van der Waals surface area contributed by atoms with Crippen LogP contribution in [0, 0.1) is 10.1 Å². The SMILES string of the molecule is O=C(/C=C/c1cccc([N+](=O)[O-])c1)Nc1ccc(-c2nccs2)cc1. The fraction of sp³-hybridized carbons (Fsp3) is 0. The lowest BCUT2D eigenvalue weighted by Gasteiger charge is -2.03. The van der Waals surface area contributed by atoms with Gasteiger partial charge in [0.15, 0.2) is 0 Å². The van der Waals surface area contributed by atoms with Gasteiger partial charge in [0.1, 0.15) is 5.01 Å². The Kier molecular flexibility index (Phi) is 4.96. The van der Waals surface area contributed by atoms with Gasteiger partial charge < -0.3 is 5.32 Å². The van der Waals surface area contributed by atoms with Gasteiger partial charge in [-0.3, -0.25) is 14.9 Å². The highest BCUT2D eigenvalue weighted by Gasteiger charge is 2.05. The van der Waals surface area contributed by atoms with Crippen molar-refractivity contribution < 1.29 is 9.72 Å². The molecule has 3 rings (SSSR count). The van der Waals surface area contributed by atoms with E-state index in [1.54, 1.807) is 41.8 Å². The molecule has 2 aromatic carbocycles. The molecule has 0 aliphatic heterocycles. The number of nitro groups is 1. The van der Waals surface area contributed by atoms with Crippen LogP contribution >= 0.6 is 11.3 Å². The molecular weight excluding hydrogens is 338 g/mol. The van der Waals surface area contributed by atoms with Gasteiger partial charge in [-0.05, 0) is 35.9 Å². The predicted molar refractivity (Wildman–Crippen MR) is 98.3 cm³/mol.